The monoisotopic (exact) mass is 326 g/mol. The summed E-state index contributed by atoms with van der Waals surface area (Å²) < 4.78 is 11.5. The van der Waals surface area contributed by atoms with Gasteiger partial charge in [-0.3, -0.25) is 0 Å². The van der Waals surface area contributed by atoms with Gasteiger partial charge in [0.25, 0.3) is 0 Å². The van der Waals surface area contributed by atoms with E-state index in [4.69, 9.17) is 9.47 Å². The van der Waals surface area contributed by atoms with Gasteiger partial charge in [-0.25, -0.2) is 4.79 Å². The highest BCUT2D eigenvalue weighted by atomic mass is 16.6. The van der Waals surface area contributed by atoms with Gasteiger partial charge in [-0.1, -0.05) is 36.4 Å². The van der Waals surface area contributed by atoms with Crippen molar-refractivity contribution in [2.24, 2.45) is 0 Å². The van der Waals surface area contributed by atoms with E-state index in [-0.39, 0.29) is 12.1 Å². The van der Waals surface area contributed by atoms with Gasteiger partial charge in [0.1, 0.15) is 6.61 Å². The van der Waals surface area contributed by atoms with Crippen LogP contribution in [0.1, 0.15) is 11.1 Å². The molecule has 2 aromatic carbocycles. The minimum atomic E-state index is -0.185. The number of hydrogen-bond donors (Lipinski definition) is 1. The molecule has 1 aliphatic rings. The maximum atomic E-state index is 12.3. The summed E-state index contributed by atoms with van der Waals surface area (Å²) in [6.45, 7) is 3.46. The molecule has 1 atom stereocenters. The number of benzene rings is 2. The molecular formula is C19H22N2O3. The van der Waals surface area contributed by atoms with Crippen LogP contribution in [0.5, 0.6) is 11.5 Å². The Morgan fingerprint density at radius 1 is 1.17 bits per heavy atom. The Hall–Kier alpha value is -2.69. The molecule has 0 radical (unpaired) electrons. The molecule has 0 saturated carbocycles. The highest BCUT2D eigenvalue weighted by molar-refractivity contribution is 5.73. The van der Waals surface area contributed by atoms with Crippen LogP contribution in [0.4, 0.5) is 4.79 Å². The van der Waals surface area contributed by atoms with E-state index in [1.807, 2.05) is 55.5 Å². The molecule has 24 heavy (non-hydrogen) atoms. The summed E-state index contributed by atoms with van der Waals surface area (Å²) in [5, 5.41) is 2.90. The number of nitrogens with zero attached hydrogens (tertiary/aromatic N) is 1. The molecule has 0 spiro atoms. The normalized spacial score (nSPS) is 15.7. The SMILES string of the molecule is Cc1ccccc1CN(C)C(=O)NCC1COc2ccccc2O1. The summed E-state index contributed by atoms with van der Waals surface area (Å²) in [7, 11) is 1.79. The number of carbonyl (C=O) groups is 1. The third-order valence-corrected chi connectivity index (χ3v) is 4.06. The van der Waals surface area contributed by atoms with Gasteiger partial charge < -0.3 is 19.7 Å². The largest absolute Gasteiger partial charge is 0.486 e. The zero-order chi connectivity index (χ0) is 16.9. The van der Waals surface area contributed by atoms with Crippen molar-refractivity contribution in [3.63, 3.8) is 0 Å². The third-order valence-electron chi connectivity index (χ3n) is 4.06. The zero-order valence-electron chi connectivity index (χ0n) is 14.0. The highest BCUT2D eigenvalue weighted by Crippen LogP contribution is 2.30. The van der Waals surface area contributed by atoms with Gasteiger partial charge >= 0.3 is 6.03 Å². The molecule has 5 heteroatoms. The second-order valence-corrected chi connectivity index (χ2v) is 5.97. The lowest BCUT2D eigenvalue weighted by atomic mass is 10.1. The average Bonchev–Trinajstić information content (AvgIpc) is 2.61. The molecule has 2 aromatic rings. The number of rotatable bonds is 4. The molecule has 126 valence electrons. The fraction of sp³-hybridized carbons (Fsp3) is 0.316. The Kier molecular flexibility index (Phi) is 4.89. The highest BCUT2D eigenvalue weighted by Gasteiger charge is 2.21. The summed E-state index contributed by atoms with van der Waals surface area (Å²) >= 11 is 0. The van der Waals surface area contributed by atoms with Gasteiger partial charge in [-0.2, -0.15) is 0 Å². The van der Waals surface area contributed by atoms with Gasteiger partial charge in [-0.05, 0) is 30.2 Å². The molecule has 3 rings (SSSR count). The number of ether oxygens (including phenoxy) is 2. The summed E-state index contributed by atoms with van der Waals surface area (Å²) in [4.78, 5) is 13.9. The molecule has 2 amide bonds. The van der Waals surface area contributed by atoms with E-state index in [0.717, 1.165) is 17.1 Å². The zero-order valence-corrected chi connectivity index (χ0v) is 14.0. The average molecular weight is 326 g/mol. The van der Waals surface area contributed by atoms with Crippen LogP contribution in [0.25, 0.3) is 0 Å². The van der Waals surface area contributed by atoms with Crippen LogP contribution in [0.15, 0.2) is 48.5 Å². The van der Waals surface area contributed by atoms with Crippen LogP contribution in [-0.4, -0.2) is 37.2 Å². The Balaban J connectivity index is 1.50. The molecule has 1 N–H and O–H groups in total. The maximum absolute atomic E-state index is 12.3. The Labute approximate surface area is 142 Å². The van der Waals surface area contributed by atoms with Gasteiger partial charge in [0.2, 0.25) is 0 Å². The number of nitrogens with one attached hydrogen (secondary N) is 1. The first-order valence-electron chi connectivity index (χ1n) is 8.05. The Morgan fingerprint density at radius 2 is 1.88 bits per heavy atom. The second-order valence-electron chi connectivity index (χ2n) is 5.97. The van der Waals surface area contributed by atoms with E-state index in [2.05, 4.69) is 5.32 Å². The summed E-state index contributed by atoms with van der Waals surface area (Å²) in [6.07, 6.45) is -0.185. The van der Waals surface area contributed by atoms with Gasteiger partial charge in [0, 0.05) is 13.6 Å². The van der Waals surface area contributed by atoms with Crippen molar-refractivity contribution in [1.82, 2.24) is 10.2 Å². The van der Waals surface area contributed by atoms with Crippen LogP contribution in [0.2, 0.25) is 0 Å². The minimum absolute atomic E-state index is 0.124. The van der Waals surface area contributed by atoms with Crippen molar-refractivity contribution in [1.29, 1.82) is 0 Å². The molecule has 0 aromatic heterocycles. The molecule has 0 aliphatic carbocycles. The number of carbonyl (C=O) groups excluding carboxylic acids is 1. The lowest BCUT2D eigenvalue weighted by Crippen LogP contribution is -2.44. The molecule has 0 bridgehead atoms. The van der Waals surface area contributed by atoms with Crippen molar-refractivity contribution >= 4 is 6.03 Å². The fourth-order valence-electron chi connectivity index (χ4n) is 2.61. The van der Waals surface area contributed by atoms with E-state index in [1.54, 1.807) is 11.9 Å². The van der Waals surface area contributed by atoms with Crippen molar-refractivity contribution in [3.05, 3.63) is 59.7 Å². The van der Waals surface area contributed by atoms with E-state index in [0.29, 0.717) is 19.7 Å². The van der Waals surface area contributed by atoms with Crippen LogP contribution < -0.4 is 14.8 Å². The number of urea groups is 1. The van der Waals surface area contributed by atoms with Gasteiger partial charge in [0.15, 0.2) is 17.6 Å². The lowest BCUT2D eigenvalue weighted by molar-refractivity contribution is 0.0904. The summed E-state index contributed by atoms with van der Waals surface area (Å²) in [5.74, 6) is 1.47. The van der Waals surface area contributed by atoms with Crippen molar-refractivity contribution < 1.29 is 14.3 Å². The minimum Gasteiger partial charge on any atom is -0.486 e. The van der Waals surface area contributed by atoms with Crippen LogP contribution in [0.3, 0.4) is 0 Å². The van der Waals surface area contributed by atoms with E-state index < -0.39 is 0 Å². The first-order chi connectivity index (χ1) is 11.6. The van der Waals surface area contributed by atoms with Gasteiger partial charge in [0.05, 0.1) is 6.54 Å². The summed E-state index contributed by atoms with van der Waals surface area (Å²) in [6, 6.07) is 15.5. The van der Waals surface area contributed by atoms with Crippen molar-refractivity contribution in [2.75, 3.05) is 20.2 Å². The molecule has 1 heterocycles. The lowest BCUT2D eigenvalue weighted by Gasteiger charge is -2.27. The predicted molar refractivity (Wildman–Crippen MR) is 92.4 cm³/mol. The maximum Gasteiger partial charge on any atom is 0.317 e. The quantitative estimate of drug-likeness (QED) is 0.940. The van der Waals surface area contributed by atoms with E-state index in [1.165, 1.54) is 5.56 Å². The first-order valence-corrected chi connectivity index (χ1v) is 8.05. The fourth-order valence-corrected chi connectivity index (χ4v) is 2.61. The molecule has 0 saturated heterocycles. The number of fused-ring (bicyclic) bond motifs is 1. The van der Waals surface area contributed by atoms with E-state index in [9.17, 15) is 4.79 Å². The first kappa shape index (κ1) is 16.2. The summed E-state index contributed by atoms with van der Waals surface area (Å²) in [5.41, 5.74) is 2.32. The van der Waals surface area contributed by atoms with Crippen LogP contribution in [0, 0.1) is 6.92 Å². The van der Waals surface area contributed by atoms with Crippen molar-refractivity contribution in [2.45, 2.75) is 19.6 Å². The molecule has 0 fully saturated rings. The Bertz CT molecular complexity index is 717. The molecule has 1 unspecified atom stereocenters. The molecule has 1 aliphatic heterocycles. The van der Waals surface area contributed by atoms with Crippen molar-refractivity contribution in [3.8, 4) is 11.5 Å². The van der Waals surface area contributed by atoms with Gasteiger partial charge in [-0.15, -0.1) is 0 Å². The third kappa shape index (κ3) is 3.79. The van der Waals surface area contributed by atoms with Crippen LogP contribution >= 0.6 is 0 Å². The smallest absolute Gasteiger partial charge is 0.317 e. The number of amides is 2. The topological polar surface area (TPSA) is 50.8 Å². The predicted octanol–water partition coefficient (Wildman–Crippen LogP) is 2.98. The standard InChI is InChI=1S/C19H22N2O3/c1-14-7-3-4-8-15(14)12-21(2)19(22)20-11-16-13-23-17-9-5-6-10-18(17)24-16/h3-10,16H,11-13H2,1-2H3,(H,20,22). The number of hydrogen-bond acceptors (Lipinski definition) is 3. The molecule has 5 nitrogen and oxygen atoms in total. The van der Waals surface area contributed by atoms with Crippen LogP contribution in [-0.2, 0) is 6.54 Å². The number of para-hydroxylation sites is 2. The number of aryl methyl sites for hydroxylation is 1. The Morgan fingerprint density at radius 3 is 2.67 bits per heavy atom. The molecular weight excluding hydrogens is 304 g/mol. The van der Waals surface area contributed by atoms with E-state index >= 15 is 0 Å². The second kappa shape index (κ2) is 7.25.